The topological polar surface area (TPSA) is 161 Å². The van der Waals surface area contributed by atoms with Crippen LogP contribution in [0.5, 0.6) is 5.75 Å². The third-order valence-corrected chi connectivity index (χ3v) is 11.9. The van der Waals surface area contributed by atoms with Gasteiger partial charge >= 0.3 is 11.9 Å². The highest BCUT2D eigenvalue weighted by Gasteiger charge is 2.53. The van der Waals surface area contributed by atoms with Gasteiger partial charge in [0.1, 0.15) is 35.7 Å². The van der Waals surface area contributed by atoms with Crippen molar-refractivity contribution >= 4 is 29.8 Å². The molecule has 1 heterocycles. The number of nitrogens with zero attached hydrogens (tertiary/aromatic N) is 1. The smallest absolute Gasteiger partial charge is 0.338 e. The second-order valence-corrected chi connectivity index (χ2v) is 18.3. The molecule has 0 spiro atoms. The van der Waals surface area contributed by atoms with Gasteiger partial charge in [0.25, 0.3) is 0 Å². The largest absolute Gasteiger partial charge is 0.508 e. The summed E-state index contributed by atoms with van der Waals surface area (Å²) in [5, 5.41) is 23.3. The van der Waals surface area contributed by atoms with Crippen LogP contribution in [-0.4, -0.2) is 94.3 Å². The predicted molar refractivity (Wildman–Crippen MR) is 251 cm³/mol. The van der Waals surface area contributed by atoms with Crippen LogP contribution in [0.2, 0.25) is 0 Å². The molecule has 12 nitrogen and oxygen atoms in total. The van der Waals surface area contributed by atoms with Crippen molar-refractivity contribution in [2.75, 3.05) is 13.7 Å². The van der Waals surface area contributed by atoms with Crippen LogP contribution in [0.4, 0.5) is 0 Å². The summed E-state index contributed by atoms with van der Waals surface area (Å²) in [4.78, 5) is 56.8. The van der Waals surface area contributed by atoms with Crippen molar-refractivity contribution in [2.24, 2.45) is 0 Å². The third-order valence-electron chi connectivity index (χ3n) is 11.9. The number of para-hydroxylation sites is 1. The Morgan fingerprint density at radius 3 is 2.20 bits per heavy atom. The Bertz CT molecular complexity index is 2070. The highest BCUT2D eigenvalue weighted by Crippen LogP contribution is 2.43. The lowest BCUT2D eigenvalue weighted by atomic mass is 9.90. The van der Waals surface area contributed by atoms with Crippen LogP contribution in [0.15, 0.2) is 96.6 Å². The van der Waals surface area contributed by atoms with Gasteiger partial charge in [0, 0.05) is 44.7 Å². The number of fused-ring (bicyclic) bond motifs is 1. The number of likely N-dealkylation sites (N-methyl/N-ethyl adjacent to an activating group) is 1. The van der Waals surface area contributed by atoms with Crippen molar-refractivity contribution < 1.29 is 48.3 Å². The maximum absolute atomic E-state index is 14.8. The van der Waals surface area contributed by atoms with Crippen molar-refractivity contribution in [3.63, 3.8) is 0 Å². The molecule has 65 heavy (non-hydrogen) atoms. The van der Waals surface area contributed by atoms with Crippen molar-refractivity contribution in [3.8, 4) is 5.75 Å². The number of rotatable bonds is 23. The first kappa shape index (κ1) is 50.7. The quantitative estimate of drug-likeness (QED) is 0.0620. The lowest BCUT2D eigenvalue weighted by Gasteiger charge is -2.34. The van der Waals surface area contributed by atoms with E-state index in [-0.39, 0.29) is 31.4 Å². The SMILES string of the molecule is CCCCCC1(CCCCC)O[C@@H]2[C@@H](C=C(C(=O)N(C)[C@H](Cc3ccccc3)C(=O)N[C@H](CO)CCC(=O)OC(C)(C)C)C[C@H]2OC(=O)c2ccc(C=CCc3ccccc3O)cc2)O1. The fourth-order valence-electron chi connectivity index (χ4n) is 8.33. The minimum absolute atomic E-state index is 0.0149. The number of phenols is 1. The summed E-state index contributed by atoms with van der Waals surface area (Å²) in [7, 11) is 1.57. The van der Waals surface area contributed by atoms with Gasteiger partial charge in [-0.1, -0.05) is 112 Å². The number of carbonyl (C=O) groups excluding carboxylic acids is 4. The lowest BCUT2D eigenvalue weighted by Crippen LogP contribution is -2.53. The summed E-state index contributed by atoms with van der Waals surface area (Å²) in [5.41, 5.74) is 2.48. The number of aliphatic hydroxyl groups is 1. The first-order valence-electron chi connectivity index (χ1n) is 23.4. The van der Waals surface area contributed by atoms with E-state index >= 15 is 0 Å². The number of unbranched alkanes of at least 4 members (excludes halogenated alkanes) is 4. The summed E-state index contributed by atoms with van der Waals surface area (Å²) in [6.07, 6.45) is 11.4. The van der Waals surface area contributed by atoms with Gasteiger partial charge in [0.2, 0.25) is 11.8 Å². The Balaban J connectivity index is 1.39. The zero-order valence-corrected chi connectivity index (χ0v) is 39.1. The van der Waals surface area contributed by atoms with Gasteiger partial charge in [-0.3, -0.25) is 14.4 Å². The molecular formula is C53H70N2O10. The van der Waals surface area contributed by atoms with Gasteiger partial charge in [-0.05, 0) is 87.4 Å². The normalized spacial score (nSPS) is 18.9. The fraction of sp³-hybridized carbons (Fsp3) is 0.509. The number of aliphatic hydroxyl groups excluding tert-OH is 1. The maximum Gasteiger partial charge on any atom is 0.338 e. The summed E-state index contributed by atoms with van der Waals surface area (Å²) in [5.74, 6) is -2.62. The van der Waals surface area contributed by atoms with Crippen LogP contribution < -0.4 is 5.32 Å². The number of ether oxygens (including phenoxy) is 4. The number of carbonyl (C=O) groups is 4. The monoisotopic (exact) mass is 895 g/mol. The van der Waals surface area contributed by atoms with Gasteiger partial charge in [0.05, 0.1) is 18.2 Å². The van der Waals surface area contributed by atoms with Gasteiger partial charge < -0.3 is 39.4 Å². The summed E-state index contributed by atoms with van der Waals surface area (Å²) < 4.78 is 25.4. The Morgan fingerprint density at radius 2 is 1.57 bits per heavy atom. The van der Waals surface area contributed by atoms with Crippen LogP contribution in [0.25, 0.3) is 6.08 Å². The molecule has 352 valence electrons. The second-order valence-electron chi connectivity index (χ2n) is 18.3. The third kappa shape index (κ3) is 15.1. The minimum Gasteiger partial charge on any atom is -0.508 e. The van der Waals surface area contributed by atoms with Crippen LogP contribution in [0.3, 0.4) is 0 Å². The van der Waals surface area contributed by atoms with Gasteiger partial charge in [-0.25, -0.2) is 4.79 Å². The molecule has 0 aromatic heterocycles. The molecule has 2 aliphatic rings. The summed E-state index contributed by atoms with van der Waals surface area (Å²) >= 11 is 0. The number of aromatic hydroxyl groups is 1. The molecule has 1 fully saturated rings. The van der Waals surface area contributed by atoms with E-state index < -0.39 is 72.1 Å². The molecular weight excluding hydrogens is 825 g/mol. The Hall–Kier alpha value is -5.30. The van der Waals surface area contributed by atoms with Crippen molar-refractivity contribution in [2.45, 2.75) is 160 Å². The van der Waals surface area contributed by atoms with Gasteiger partial charge in [0.15, 0.2) is 5.79 Å². The highest BCUT2D eigenvalue weighted by atomic mass is 16.8. The first-order valence-corrected chi connectivity index (χ1v) is 23.4. The Morgan fingerprint density at radius 1 is 0.908 bits per heavy atom. The molecule has 1 aliphatic carbocycles. The standard InChI is InChI=1S/C53H70N2O10/c1-7-9-16-31-53(32-17-10-8-2)63-46-35-41(34-45(48(46)65-53)62-51(61)40-27-25-37(26-28-40)21-18-23-39-22-14-15-24-44(39)57)50(60)55(6)43(33-38-19-12-11-13-20-38)49(59)54-42(36-56)29-30-47(58)64-52(3,4)5/h11-15,18-22,24-28,35,42-43,45-46,48,56-57H,7-10,16-17,23,29-34,36H2,1-6H3,(H,54,59)/t42-,43+,45+,46+,48-/m0/s1. The highest BCUT2D eigenvalue weighted by molar-refractivity contribution is 5.97. The van der Waals surface area contributed by atoms with E-state index in [1.165, 1.54) is 4.90 Å². The average molecular weight is 895 g/mol. The summed E-state index contributed by atoms with van der Waals surface area (Å²) in [6, 6.07) is 21.8. The predicted octanol–water partition coefficient (Wildman–Crippen LogP) is 8.81. The molecule has 3 aromatic rings. The number of esters is 2. The first-order chi connectivity index (χ1) is 31.1. The number of hydrogen-bond donors (Lipinski definition) is 3. The van der Waals surface area contributed by atoms with Crippen molar-refractivity contribution in [1.82, 2.24) is 10.2 Å². The Kier molecular flexibility index (Phi) is 18.9. The van der Waals surface area contributed by atoms with E-state index in [4.69, 9.17) is 18.9 Å². The van der Waals surface area contributed by atoms with Gasteiger partial charge in [-0.15, -0.1) is 0 Å². The molecule has 2 amide bonds. The molecule has 12 heteroatoms. The van der Waals surface area contributed by atoms with E-state index in [1.807, 2.05) is 66.7 Å². The molecule has 0 radical (unpaired) electrons. The fourth-order valence-corrected chi connectivity index (χ4v) is 8.33. The maximum atomic E-state index is 14.8. The molecule has 3 aromatic carbocycles. The molecule has 3 N–H and O–H groups in total. The average Bonchev–Trinajstić information content (AvgIpc) is 3.65. The number of allylic oxidation sites excluding steroid dienone is 1. The van der Waals surface area contributed by atoms with E-state index in [0.717, 1.165) is 55.2 Å². The molecule has 1 saturated heterocycles. The zero-order chi connectivity index (χ0) is 47.0. The van der Waals surface area contributed by atoms with Crippen LogP contribution in [0.1, 0.15) is 132 Å². The van der Waals surface area contributed by atoms with E-state index in [2.05, 4.69) is 19.2 Å². The Labute approximate surface area is 385 Å². The van der Waals surface area contributed by atoms with Crippen LogP contribution in [-0.2, 0) is 46.2 Å². The molecule has 5 atom stereocenters. The zero-order valence-electron chi connectivity index (χ0n) is 39.1. The molecule has 0 saturated carbocycles. The van der Waals surface area contributed by atoms with Gasteiger partial charge in [-0.2, -0.15) is 0 Å². The lowest BCUT2D eigenvalue weighted by molar-refractivity contribution is -0.190. The van der Waals surface area contributed by atoms with E-state index in [9.17, 15) is 29.4 Å². The molecule has 1 aliphatic heterocycles. The number of amides is 2. The van der Waals surface area contributed by atoms with Crippen molar-refractivity contribution in [3.05, 3.63) is 119 Å². The number of nitrogens with one attached hydrogen (secondary N) is 1. The van der Waals surface area contributed by atoms with Crippen molar-refractivity contribution in [1.29, 1.82) is 0 Å². The molecule has 5 rings (SSSR count). The van der Waals surface area contributed by atoms with Crippen LogP contribution in [0, 0.1) is 0 Å². The molecule has 0 unspecified atom stereocenters. The minimum atomic E-state index is -1.01. The molecule has 0 bridgehead atoms. The number of hydrogen-bond acceptors (Lipinski definition) is 10. The van der Waals surface area contributed by atoms with E-state index in [1.54, 1.807) is 58.2 Å². The van der Waals surface area contributed by atoms with E-state index in [0.29, 0.717) is 30.4 Å². The number of benzene rings is 3. The summed E-state index contributed by atoms with van der Waals surface area (Å²) in [6.45, 7) is 9.19. The number of phenolic OH excluding ortho intramolecular Hbond substituents is 1. The van der Waals surface area contributed by atoms with Crippen LogP contribution >= 0.6 is 0 Å². The second kappa shape index (κ2) is 24.3.